The van der Waals surface area contributed by atoms with Gasteiger partial charge in [0.2, 0.25) is 0 Å². The van der Waals surface area contributed by atoms with Crippen LogP contribution in [0.15, 0.2) is 0 Å². The Bertz CT molecular complexity index is 15.7. The molecule has 0 fully saturated rings. The Morgan fingerprint density at radius 1 is 1.80 bits per heavy atom. The Morgan fingerprint density at radius 2 is 1.80 bits per heavy atom. The molecule has 0 aliphatic carbocycles. The molecule has 32 valence electrons. The topological polar surface area (TPSA) is 0 Å². The first kappa shape index (κ1) is 15.8. The normalized spacial score (nSPS) is 3.60. The van der Waals surface area contributed by atoms with E-state index in [0.29, 0.717) is 0 Å². The van der Waals surface area contributed by atoms with Crippen molar-refractivity contribution in [1.29, 1.82) is 0 Å². The summed E-state index contributed by atoms with van der Waals surface area (Å²) in [6, 6.07) is 0. The summed E-state index contributed by atoms with van der Waals surface area (Å²) in [5.74, 6) is 0. The maximum atomic E-state index is 2.58. The van der Waals surface area contributed by atoms with E-state index in [1.54, 1.807) is 0 Å². The molecule has 0 aromatic heterocycles. The molecule has 0 aromatic carbocycles. The van der Waals surface area contributed by atoms with Crippen LogP contribution < -0.4 is 0 Å². The molecule has 0 radical (unpaired) electrons. The minimum absolute atomic E-state index is 0. The van der Waals surface area contributed by atoms with Gasteiger partial charge in [-0.3, -0.25) is 0 Å². The molecule has 0 amide bonds. The molecule has 0 N–H and O–H groups in total. The van der Waals surface area contributed by atoms with Gasteiger partial charge in [-0.05, 0) is 6.16 Å². The quantitative estimate of drug-likeness (QED) is 0.326. The first-order valence-corrected chi connectivity index (χ1v) is 1.93. The minimum atomic E-state index is 0. The van der Waals surface area contributed by atoms with Crippen molar-refractivity contribution in [3.8, 4) is 0 Å². The van der Waals surface area contributed by atoms with Crippen LogP contribution in [-0.4, -0.2) is 29.2 Å². The van der Waals surface area contributed by atoms with Gasteiger partial charge in [-0.1, -0.05) is 6.92 Å². The third-order valence-electron chi connectivity index (χ3n) is 0. The largest absolute Gasteiger partial charge is 2.00 e. The van der Waals surface area contributed by atoms with E-state index in [0.717, 1.165) is 0 Å². The molecule has 0 nitrogen and oxygen atoms in total. The van der Waals surface area contributed by atoms with Gasteiger partial charge in [-0.25, -0.2) is 0 Å². The van der Waals surface area contributed by atoms with Crippen LogP contribution >= 0.6 is 33.2 Å². The zero-order chi connectivity index (χ0) is 2.71. The Labute approximate surface area is 71.8 Å². The van der Waals surface area contributed by atoms with E-state index >= 15 is 0 Å². The fourth-order valence-electron chi connectivity index (χ4n) is 0. The van der Waals surface area contributed by atoms with E-state index in [-0.39, 0.29) is 49.9 Å². The summed E-state index contributed by atoms with van der Waals surface area (Å²) in [6.45, 7) is 2.09. The van der Waals surface area contributed by atoms with Gasteiger partial charge in [0.1, 0.15) is 0 Å². The van der Waals surface area contributed by atoms with E-state index in [9.17, 15) is 0 Å². The van der Waals surface area contributed by atoms with Gasteiger partial charge < -0.3 is 2.85 Å². The van der Waals surface area contributed by atoms with E-state index in [1.165, 1.54) is 6.16 Å². The van der Waals surface area contributed by atoms with E-state index in [2.05, 4.69) is 16.2 Å². The second kappa shape index (κ2) is 16.8. The Balaban J connectivity index is -0.00000000333. The summed E-state index contributed by atoms with van der Waals surface area (Å²) < 4.78 is 0. The zero-order valence-corrected chi connectivity index (χ0v) is 8.30. The maximum absolute atomic E-state index is 2.58. The third kappa shape index (κ3) is 24.6. The van der Waals surface area contributed by atoms with Crippen LogP contribution in [0, 0.1) is 0 Å². The standard InChI is InChI=1S/C2H7P.HI.Mg.2H/c1-2-3;;;;/h2-3H2,1H3;1H;;;/q;;+2;2*-1. The molecule has 0 aliphatic rings. The van der Waals surface area contributed by atoms with Crippen molar-refractivity contribution in [1.82, 2.24) is 0 Å². The van der Waals surface area contributed by atoms with Crippen LogP contribution in [0.5, 0.6) is 0 Å². The third-order valence-corrected chi connectivity index (χ3v) is 0. The van der Waals surface area contributed by atoms with Gasteiger partial charge in [0.15, 0.2) is 0 Å². The first-order chi connectivity index (χ1) is 1.41. The van der Waals surface area contributed by atoms with Gasteiger partial charge in [0, 0.05) is 0 Å². The monoisotopic (exact) mass is 216 g/mol. The Hall–Kier alpha value is 1.93. The fourth-order valence-corrected chi connectivity index (χ4v) is 0. The van der Waals surface area contributed by atoms with E-state index in [4.69, 9.17) is 0 Å². The molecule has 0 saturated carbocycles. The van der Waals surface area contributed by atoms with Gasteiger partial charge >= 0.3 is 23.1 Å². The second-order valence-corrected chi connectivity index (χ2v) is 1.22. The van der Waals surface area contributed by atoms with Crippen LogP contribution in [0.25, 0.3) is 0 Å². The molecule has 0 aromatic rings. The molecule has 0 spiro atoms. The Morgan fingerprint density at radius 3 is 1.80 bits per heavy atom. The number of hydrogen-bond acceptors (Lipinski definition) is 0. The summed E-state index contributed by atoms with van der Waals surface area (Å²) in [4.78, 5) is 0. The van der Waals surface area contributed by atoms with E-state index < -0.39 is 0 Å². The molecule has 0 bridgehead atoms. The van der Waals surface area contributed by atoms with Gasteiger partial charge in [0.05, 0.1) is 0 Å². The van der Waals surface area contributed by atoms with Crippen LogP contribution in [0.4, 0.5) is 0 Å². The van der Waals surface area contributed by atoms with Crippen molar-refractivity contribution in [2.45, 2.75) is 6.92 Å². The molecule has 0 aliphatic heterocycles. The minimum Gasteiger partial charge on any atom is -1.00 e. The molecule has 0 heterocycles. The summed E-state index contributed by atoms with van der Waals surface area (Å²) in [5, 5.41) is 0. The summed E-state index contributed by atoms with van der Waals surface area (Å²) in [6.07, 6.45) is 1.17. The molecule has 3 heteroatoms. The van der Waals surface area contributed by atoms with Crippen LogP contribution in [0.1, 0.15) is 9.78 Å². The smallest absolute Gasteiger partial charge is 1.00 e. The van der Waals surface area contributed by atoms with Crippen LogP contribution in [0.3, 0.4) is 0 Å². The van der Waals surface area contributed by atoms with Crippen molar-refractivity contribution in [3.05, 3.63) is 0 Å². The van der Waals surface area contributed by atoms with E-state index in [1.807, 2.05) is 0 Å². The SMILES string of the molecule is CCP.I.[H-].[H-].[Mg+2]. The van der Waals surface area contributed by atoms with Gasteiger partial charge in [-0.15, -0.1) is 33.2 Å². The molecule has 0 rings (SSSR count). The Kier molecular flexibility index (Phi) is 53.0. The molecule has 5 heavy (non-hydrogen) atoms. The summed E-state index contributed by atoms with van der Waals surface area (Å²) >= 11 is 0. The first-order valence-electron chi connectivity index (χ1n) is 1.12. The molecular weight excluding hydrogens is 206 g/mol. The maximum Gasteiger partial charge on any atom is 2.00 e. The van der Waals surface area contributed by atoms with Crippen molar-refractivity contribution >= 4 is 56.3 Å². The molecule has 1 atom stereocenters. The van der Waals surface area contributed by atoms with Crippen molar-refractivity contribution in [2.75, 3.05) is 6.16 Å². The zero-order valence-electron chi connectivity index (χ0n) is 5.40. The average molecular weight is 216 g/mol. The fraction of sp³-hybridized carbons (Fsp3) is 1.00. The van der Waals surface area contributed by atoms with Gasteiger partial charge in [0.25, 0.3) is 0 Å². The summed E-state index contributed by atoms with van der Waals surface area (Å²) in [5.41, 5.74) is 0. The van der Waals surface area contributed by atoms with Crippen LogP contribution in [0.2, 0.25) is 0 Å². The number of halogens is 1. The van der Waals surface area contributed by atoms with Crippen molar-refractivity contribution in [3.63, 3.8) is 0 Å². The summed E-state index contributed by atoms with van der Waals surface area (Å²) in [7, 11) is 2.58. The molecular formula is C2H10IMgP. The second-order valence-electron chi connectivity index (χ2n) is 0.408. The van der Waals surface area contributed by atoms with Crippen LogP contribution in [-0.2, 0) is 0 Å². The molecule has 1 unspecified atom stereocenters. The average Bonchev–Trinajstić information content (AvgIpc) is 0.918. The van der Waals surface area contributed by atoms with Crippen molar-refractivity contribution < 1.29 is 2.85 Å². The number of hydrogen-bond donors (Lipinski definition) is 0. The van der Waals surface area contributed by atoms with Gasteiger partial charge in [-0.2, -0.15) is 0 Å². The van der Waals surface area contributed by atoms with Crippen molar-refractivity contribution in [2.24, 2.45) is 0 Å². The molecule has 0 saturated heterocycles. The predicted octanol–water partition coefficient (Wildman–Crippen LogP) is 1.34. The predicted molar refractivity (Wildman–Crippen MR) is 43.6 cm³/mol. The number of rotatable bonds is 0.